The van der Waals surface area contributed by atoms with Crippen LogP contribution in [0.5, 0.6) is 11.5 Å². The number of ether oxygens (including phenoxy) is 3. The summed E-state index contributed by atoms with van der Waals surface area (Å²) in [5.41, 5.74) is 1.88. The van der Waals surface area contributed by atoms with Crippen LogP contribution in [0.1, 0.15) is 33.6 Å². The first-order valence-electron chi connectivity index (χ1n) is 14.5. The van der Waals surface area contributed by atoms with Crippen molar-refractivity contribution in [1.29, 1.82) is 0 Å². The largest absolute Gasteiger partial charge is 0.493 e. The summed E-state index contributed by atoms with van der Waals surface area (Å²) in [4.78, 5) is 68.2. The van der Waals surface area contributed by atoms with Gasteiger partial charge in [0.25, 0.3) is 0 Å². The van der Waals surface area contributed by atoms with Crippen LogP contribution in [0.3, 0.4) is 0 Å². The van der Waals surface area contributed by atoms with Gasteiger partial charge in [-0.05, 0) is 73.2 Å². The molecule has 1 aromatic heterocycles. The molecule has 11 nitrogen and oxygen atoms in total. The first-order chi connectivity index (χ1) is 22.6. The fourth-order valence-electron chi connectivity index (χ4n) is 5.75. The van der Waals surface area contributed by atoms with Crippen LogP contribution in [0.15, 0.2) is 81.0 Å². The molecule has 0 aliphatic carbocycles. The van der Waals surface area contributed by atoms with Gasteiger partial charge in [-0.15, -0.1) is 0 Å². The number of benzene rings is 3. The van der Waals surface area contributed by atoms with E-state index in [2.05, 4.69) is 21.2 Å². The number of hydrogen-bond acceptors (Lipinski definition) is 10. The summed E-state index contributed by atoms with van der Waals surface area (Å²) in [5.74, 6) is -2.31. The molecular weight excluding hydrogens is 710 g/mol. The Labute approximate surface area is 285 Å². The molecule has 47 heavy (non-hydrogen) atoms. The number of hydrogen-bond donors (Lipinski definition) is 1. The Balaban J connectivity index is 1.37. The van der Waals surface area contributed by atoms with Crippen LogP contribution < -0.4 is 24.6 Å². The third-order valence-electron chi connectivity index (χ3n) is 7.88. The second kappa shape index (κ2) is 13.4. The molecule has 1 saturated heterocycles. The molecule has 242 valence electrons. The van der Waals surface area contributed by atoms with Crippen molar-refractivity contribution in [2.45, 2.75) is 29.7 Å². The van der Waals surface area contributed by atoms with Crippen LogP contribution in [-0.4, -0.2) is 54.3 Å². The summed E-state index contributed by atoms with van der Waals surface area (Å²) in [6.45, 7) is 1.63. The predicted octanol–water partition coefficient (Wildman–Crippen LogP) is 5.30. The molecule has 3 aromatic carbocycles. The van der Waals surface area contributed by atoms with Crippen LogP contribution in [0.4, 0.5) is 11.4 Å². The van der Waals surface area contributed by atoms with Crippen molar-refractivity contribution in [3.8, 4) is 11.5 Å². The zero-order valence-corrected chi connectivity index (χ0v) is 28.6. The van der Waals surface area contributed by atoms with E-state index in [1.807, 2.05) is 0 Å². The topological polar surface area (TPSA) is 133 Å². The summed E-state index contributed by atoms with van der Waals surface area (Å²) >= 11 is 5.47. The third-order valence-corrected chi connectivity index (χ3v) is 11.0. The summed E-state index contributed by atoms with van der Waals surface area (Å²) in [6, 6.07) is 18.4. The Morgan fingerprint density at radius 1 is 0.915 bits per heavy atom. The van der Waals surface area contributed by atoms with E-state index in [9.17, 15) is 24.0 Å². The van der Waals surface area contributed by atoms with Gasteiger partial charge in [0, 0.05) is 21.0 Å². The third kappa shape index (κ3) is 6.08. The Kier molecular flexibility index (Phi) is 9.26. The average molecular weight is 739 g/mol. The first-order valence-corrected chi connectivity index (χ1v) is 17.0. The maximum absolute atomic E-state index is 14.1. The quantitative estimate of drug-likeness (QED) is 0.180. The number of carbonyl (C=O) groups is 4. The number of thioether (sulfide) groups is 1. The number of halogens is 1. The molecule has 3 heterocycles. The number of methoxy groups -OCH3 is 2. The maximum Gasteiger partial charge on any atom is 0.338 e. The van der Waals surface area contributed by atoms with Crippen molar-refractivity contribution >= 4 is 74.1 Å². The number of thiazole rings is 1. The average Bonchev–Trinajstić information content (AvgIpc) is 3.51. The Morgan fingerprint density at radius 2 is 1.62 bits per heavy atom. The van der Waals surface area contributed by atoms with Gasteiger partial charge >= 0.3 is 10.8 Å². The SMILES string of the molecule is CCOC(=O)c1ccc(NC(=O)Cn2c3c(sc2=O)C(c2ccc(OC)c(OC)c2)C2C(=O)N(c4ccc(Br)cc4)C(=O)C2S3)cc1. The van der Waals surface area contributed by atoms with Crippen LogP contribution in [0.2, 0.25) is 0 Å². The lowest BCUT2D eigenvalue weighted by Gasteiger charge is -2.31. The summed E-state index contributed by atoms with van der Waals surface area (Å²) in [5, 5.41) is 2.36. The molecular formula is C33H28BrN3O8S2. The summed E-state index contributed by atoms with van der Waals surface area (Å²) < 4.78 is 18.1. The number of anilines is 2. The lowest BCUT2D eigenvalue weighted by molar-refractivity contribution is -0.122. The highest BCUT2D eigenvalue weighted by Crippen LogP contribution is 2.54. The molecule has 0 radical (unpaired) electrons. The molecule has 14 heteroatoms. The monoisotopic (exact) mass is 737 g/mol. The molecule has 4 aromatic rings. The summed E-state index contributed by atoms with van der Waals surface area (Å²) in [7, 11) is 3.02. The van der Waals surface area contributed by atoms with Crippen molar-refractivity contribution < 1.29 is 33.4 Å². The number of nitrogens with one attached hydrogen (secondary N) is 1. The smallest absolute Gasteiger partial charge is 0.338 e. The number of imide groups is 1. The molecule has 2 aliphatic heterocycles. The van der Waals surface area contributed by atoms with Gasteiger partial charge in [-0.1, -0.05) is 45.1 Å². The molecule has 3 unspecified atom stereocenters. The second-order valence-electron chi connectivity index (χ2n) is 10.6. The minimum absolute atomic E-state index is 0.242. The molecule has 1 N–H and O–H groups in total. The van der Waals surface area contributed by atoms with Crippen molar-refractivity contribution in [1.82, 2.24) is 4.57 Å². The van der Waals surface area contributed by atoms with Crippen LogP contribution in [0.25, 0.3) is 0 Å². The number of aromatic nitrogens is 1. The van der Waals surface area contributed by atoms with E-state index in [1.54, 1.807) is 61.5 Å². The number of carbonyl (C=O) groups excluding carboxylic acids is 4. The molecule has 0 saturated carbocycles. The highest BCUT2D eigenvalue weighted by Gasteiger charge is 2.57. The minimum Gasteiger partial charge on any atom is -0.493 e. The molecule has 3 atom stereocenters. The Morgan fingerprint density at radius 3 is 2.28 bits per heavy atom. The predicted molar refractivity (Wildman–Crippen MR) is 181 cm³/mol. The highest BCUT2D eigenvalue weighted by molar-refractivity contribution is 9.10. The zero-order valence-electron chi connectivity index (χ0n) is 25.4. The van der Waals surface area contributed by atoms with Crippen molar-refractivity contribution in [3.05, 3.63) is 96.9 Å². The molecule has 0 spiro atoms. The minimum atomic E-state index is -0.851. The van der Waals surface area contributed by atoms with Gasteiger partial charge in [0.15, 0.2) is 11.5 Å². The number of rotatable bonds is 9. The van der Waals surface area contributed by atoms with Gasteiger partial charge in [0.2, 0.25) is 17.7 Å². The lowest BCUT2D eigenvalue weighted by atomic mass is 9.83. The highest BCUT2D eigenvalue weighted by atomic mass is 79.9. The van der Waals surface area contributed by atoms with Crippen LogP contribution in [-0.2, 0) is 25.7 Å². The zero-order chi connectivity index (χ0) is 33.4. The van der Waals surface area contributed by atoms with Gasteiger partial charge < -0.3 is 19.5 Å². The Hall–Kier alpha value is -4.40. The van der Waals surface area contributed by atoms with Gasteiger partial charge in [0.1, 0.15) is 11.8 Å². The fraction of sp³-hybridized carbons (Fsp3) is 0.242. The number of nitrogens with zero attached hydrogens (tertiary/aromatic N) is 2. The van der Waals surface area contributed by atoms with E-state index in [0.717, 1.165) is 27.6 Å². The van der Waals surface area contributed by atoms with Gasteiger partial charge in [0.05, 0.1) is 43.0 Å². The summed E-state index contributed by atoms with van der Waals surface area (Å²) in [6.07, 6.45) is 0. The van der Waals surface area contributed by atoms with E-state index in [4.69, 9.17) is 14.2 Å². The van der Waals surface area contributed by atoms with Gasteiger partial charge in [-0.25, -0.2) is 9.69 Å². The number of esters is 1. The van der Waals surface area contributed by atoms with E-state index in [0.29, 0.717) is 43.9 Å². The van der Waals surface area contributed by atoms with Crippen molar-refractivity contribution in [2.24, 2.45) is 5.92 Å². The molecule has 3 amide bonds. The van der Waals surface area contributed by atoms with Crippen molar-refractivity contribution in [3.63, 3.8) is 0 Å². The second-order valence-corrected chi connectivity index (χ2v) is 13.7. The molecule has 6 rings (SSSR count). The fourth-order valence-corrected chi connectivity index (χ4v) is 8.79. The van der Waals surface area contributed by atoms with Gasteiger partial charge in [-0.2, -0.15) is 0 Å². The molecule has 2 aliphatic rings. The first kappa shape index (κ1) is 32.5. The van der Waals surface area contributed by atoms with Crippen LogP contribution in [0, 0.1) is 5.92 Å². The molecule has 1 fully saturated rings. The van der Waals surface area contributed by atoms with E-state index in [-0.39, 0.29) is 19.1 Å². The number of amides is 3. The lowest BCUT2D eigenvalue weighted by Crippen LogP contribution is -2.33. The van der Waals surface area contributed by atoms with Crippen molar-refractivity contribution in [2.75, 3.05) is 31.0 Å². The standard InChI is InChI=1S/C33H28BrN3O8S2/c1-4-45-32(41)17-5-10-20(11-6-17)35-24(38)16-36-31-28(47-33(36)42)25(18-7-14-22(43-2)23(15-18)44-3)26-27(46-31)30(40)37(29(26)39)21-12-8-19(34)9-13-21/h5-15,25-27H,4,16H2,1-3H3,(H,35,38). The van der Waals surface area contributed by atoms with E-state index < -0.39 is 39.7 Å². The number of fused-ring (bicyclic) bond motifs is 2. The van der Waals surface area contributed by atoms with Crippen LogP contribution >= 0.6 is 39.0 Å². The normalized spacial score (nSPS) is 18.4. The van der Waals surface area contributed by atoms with Gasteiger partial charge in [-0.3, -0.25) is 23.7 Å². The Bertz CT molecular complexity index is 1940. The maximum atomic E-state index is 14.1. The molecule has 0 bridgehead atoms. The van der Waals surface area contributed by atoms with E-state index >= 15 is 0 Å². The van der Waals surface area contributed by atoms with E-state index in [1.165, 1.54) is 35.8 Å².